The molecule has 2 aromatic carbocycles. The molecule has 3 rings (SSSR count). The molecule has 0 aliphatic rings. The summed E-state index contributed by atoms with van der Waals surface area (Å²) < 4.78 is 5.40. The molecule has 0 saturated heterocycles. The second kappa shape index (κ2) is 9.54. The number of aromatic nitrogens is 2. The molecule has 3 N–H and O–H groups in total. The number of ether oxygens (including phenoxy) is 1. The van der Waals surface area contributed by atoms with Crippen LogP contribution < -0.4 is 11.1 Å². The van der Waals surface area contributed by atoms with Crippen LogP contribution in [0, 0.1) is 5.92 Å². The van der Waals surface area contributed by atoms with Crippen molar-refractivity contribution in [3.8, 4) is 0 Å². The van der Waals surface area contributed by atoms with Crippen LogP contribution in [0.3, 0.4) is 0 Å². The van der Waals surface area contributed by atoms with E-state index in [1.807, 2.05) is 38.1 Å². The average molecular weight is 427 g/mol. The molecule has 1 atom stereocenters. The molecule has 1 aromatic heterocycles. The van der Waals surface area contributed by atoms with Gasteiger partial charge in [0.05, 0.1) is 5.52 Å². The number of benzene rings is 2. The van der Waals surface area contributed by atoms with Gasteiger partial charge < -0.3 is 15.8 Å². The van der Waals surface area contributed by atoms with Gasteiger partial charge in [-0.05, 0) is 48.7 Å². The predicted molar refractivity (Wildman–Crippen MR) is 116 cm³/mol. The van der Waals surface area contributed by atoms with Crippen LogP contribution in [0.1, 0.15) is 36.5 Å². The topological polar surface area (TPSA) is 107 Å². The number of nitrogens with one attached hydrogen (secondary N) is 1. The molecule has 1 heterocycles. The zero-order chi connectivity index (χ0) is 21.7. The van der Waals surface area contributed by atoms with E-state index in [4.69, 9.17) is 22.1 Å². The Labute approximate surface area is 179 Å². The van der Waals surface area contributed by atoms with Crippen molar-refractivity contribution in [2.24, 2.45) is 5.92 Å². The van der Waals surface area contributed by atoms with Crippen molar-refractivity contribution in [1.82, 2.24) is 15.3 Å². The van der Waals surface area contributed by atoms with E-state index in [9.17, 15) is 9.59 Å². The number of hydrogen-bond acceptors (Lipinski definition) is 6. The minimum absolute atomic E-state index is 0.140. The van der Waals surface area contributed by atoms with E-state index in [1.165, 1.54) is 0 Å². The lowest BCUT2D eigenvalue weighted by Crippen LogP contribution is -2.42. The zero-order valence-electron chi connectivity index (χ0n) is 16.8. The minimum Gasteiger partial charge on any atom is -0.456 e. The van der Waals surface area contributed by atoms with Gasteiger partial charge in [0.25, 0.3) is 5.91 Å². The molecule has 0 radical (unpaired) electrons. The molecule has 0 bridgehead atoms. The summed E-state index contributed by atoms with van der Waals surface area (Å²) in [5.74, 6) is -0.143. The summed E-state index contributed by atoms with van der Waals surface area (Å²) in [5, 5.41) is 4.00. The number of fused-ring (bicyclic) bond motifs is 1. The number of hydrogen-bond donors (Lipinski definition) is 2. The summed E-state index contributed by atoms with van der Waals surface area (Å²) in [6.45, 7) is 3.78. The normalized spacial score (nSPS) is 12.0. The van der Waals surface area contributed by atoms with Gasteiger partial charge in [-0.1, -0.05) is 37.6 Å². The number of halogens is 1. The maximum atomic E-state index is 12.7. The molecule has 0 spiro atoms. The van der Waals surface area contributed by atoms with E-state index in [0.717, 1.165) is 5.39 Å². The van der Waals surface area contributed by atoms with E-state index < -0.39 is 12.0 Å². The van der Waals surface area contributed by atoms with Gasteiger partial charge >= 0.3 is 5.97 Å². The largest absolute Gasteiger partial charge is 0.456 e. The molecule has 3 aromatic rings. The number of carbonyl (C=O) groups is 2. The van der Waals surface area contributed by atoms with Crippen LogP contribution in [-0.2, 0) is 16.1 Å². The number of carbonyl (C=O) groups excluding carboxylic acids is 2. The summed E-state index contributed by atoms with van der Waals surface area (Å²) in [5.41, 5.74) is 7.05. The van der Waals surface area contributed by atoms with Crippen LogP contribution in [0.4, 0.5) is 5.82 Å². The van der Waals surface area contributed by atoms with Gasteiger partial charge in [0, 0.05) is 16.0 Å². The first-order valence-electron chi connectivity index (χ1n) is 9.57. The van der Waals surface area contributed by atoms with Crippen molar-refractivity contribution in [3.05, 3.63) is 64.9 Å². The number of nitrogens with two attached hydrogens (primary N) is 1. The monoisotopic (exact) mass is 426 g/mol. The van der Waals surface area contributed by atoms with Crippen molar-refractivity contribution in [2.75, 3.05) is 5.73 Å². The SMILES string of the molecule is CC(C)CC(NC(=O)c1ccc(Cl)cc1)C(=O)OCc1nc(N)c2ccccc2n1. The number of esters is 1. The Bertz CT molecular complexity index is 1050. The minimum atomic E-state index is -0.800. The second-order valence-corrected chi connectivity index (χ2v) is 7.75. The molecule has 1 unspecified atom stereocenters. The second-order valence-electron chi connectivity index (χ2n) is 7.31. The summed E-state index contributed by atoms with van der Waals surface area (Å²) >= 11 is 5.86. The molecular weight excluding hydrogens is 404 g/mol. The number of anilines is 1. The number of amides is 1. The van der Waals surface area contributed by atoms with Gasteiger partial charge in [0.1, 0.15) is 11.9 Å². The summed E-state index contributed by atoms with van der Waals surface area (Å²) in [6.07, 6.45) is 0.429. The summed E-state index contributed by atoms with van der Waals surface area (Å²) in [4.78, 5) is 33.8. The maximum Gasteiger partial charge on any atom is 0.329 e. The van der Waals surface area contributed by atoms with Crippen LogP contribution in [-0.4, -0.2) is 27.9 Å². The Morgan fingerprint density at radius 2 is 1.80 bits per heavy atom. The van der Waals surface area contributed by atoms with Crippen LogP contribution in [0.25, 0.3) is 10.9 Å². The fourth-order valence-corrected chi connectivity index (χ4v) is 3.11. The van der Waals surface area contributed by atoms with Crippen molar-refractivity contribution in [3.63, 3.8) is 0 Å². The van der Waals surface area contributed by atoms with Crippen molar-refractivity contribution in [2.45, 2.75) is 32.9 Å². The standard InChI is InChI=1S/C22H23ClN4O3/c1-13(2)11-18(26-21(28)14-7-9-15(23)10-8-14)22(29)30-12-19-25-17-6-4-3-5-16(17)20(24)27-19/h3-10,13,18H,11-12H2,1-2H3,(H,26,28)(H2,24,25,27). The van der Waals surface area contributed by atoms with Gasteiger partial charge in [-0.25, -0.2) is 14.8 Å². The lowest BCUT2D eigenvalue weighted by molar-refractivity contribution is -0.148. The lowest BCUT2D eigenvalue weighted by Gasteiger charge is -2.19. The smallest absolute Gasteiger partial charge is 0.329 e. The summed E-state index contributed by atoms with van der Waals surface area (Å²) in [7, 11) is 0. The highest BCUT2D eigenvalue weighted by atomic mass is 35.5. The number of para-hydroxylation sites is 1. The van der Waals surface area contributed by atoms with Crippen LogP contribution in [0.2, 0.25) is 5.02 Å². The highest BCUT2D eigenvalue weighted by molar-refractivity contribution is 6.30. The molecule has 0 fully saturated rings. The van der Waals surface area contributed by atoms with Crippen LogP contribution in [0.15, 0.2) is 48.5 Å². The van der Waals surface area contributed by atoms with Crippen LogP contribution >= 0.6 is 11.6 Å². The summed E-state index contributed by atoms with van der Waals surface area (Å²) in [6, 6.07) is 13.0. The van der Waals surface area contributed by atoms with Gasteiger partial charge in [-0.3, -0.25) is 4.79 Å². The highest BCUT2D eigenvalue weighted by Crippen LogP contribution is 2.18. The lowest BCUT2D eigenvalue weighted by atomic mass is 10.0. The molecule has 30 heavy (non-hydrogen) atoms. The van der Waals surface area contributed by atoms with Crippen molar-refractivity contribution < 1.29 is 14.3 Å². The van der Waals surface area contributed by atoms with Gasteiger partial charge in [-0.2, -0.15) is 0 Å². The highest BCUT2D eigenvalue weighted by Gasteiger charge is 2.24. The first-order valence-corrected chi connectivity index (χ1v) is 9.95. The molecular formula is C22H23ClN4O3. The molecule has 0 saturated carbocycles. The quantitative estimate of drug-likeness (QED) is 0.557. The Balaban J connectivity index is 1.69. The van der Waals surface area contributed by atoms with E-state index in [-0.39, 0.29) is 18.4 Å². The molecule has 7 nitrogen and oxygen atoms in total. The Morgan fingerprint density at radius 1 is 1.10 bits per heavy atom. The fraction of sp³-hybridized carbons (Fsp3) is 0.273. The molecule has 8 heteroatoms. The first-order chi connectivity index (χ1) is 14.3. The Kier molecular flexibility index (Phi) is 6.84. The molecule has 0 aliphatic heterocycles. The third kappa shape index (κ3) is 5.45. The Hall–Kier alpha value is -3.19. The predicted octanol–water partition coefficient (Wildman–Crippen LogP) is 3.75. The van der Waals surface area contributed by atoms with E-state index in [1.54, 1.807) is 24.3 Å². The number of nitrogen functional groups attached to an aromatic ring is 1. The molecule has 1 amide bonds. The number of rotatable bonds is 7. The van der Waals surface area contributed by atoms with E-state index in [0.29, 0.717) is 34.2 Å². The van der Waals surface area contributed by atoms with Gasteiger partial charge in [0.2, 0.25) is 0 Å². The Morgan fingerprint density at radius 3 is 2.50 bits per heavy atom. The first kappa shape index (κ1) is 21.5. The van der Waals surface area contributed by atoms with Gasteiger partial charge in [-0.15, -0.1) is 0 Å². The average Bonchev–Trinajstić information content (AvgIpc) is 2.71. The van der Waals surface area contributed by atoms with Crippen LogP contribution in [0.5, 0.6) is 0 Å². The maximum absolute atomic E-state index is 12.7. The zero-order valence-corrected chi connectivity index (χ0v) is 17.5. The van der Waals surface area contributed by atoms with Crippen molar-refractivity contribution in [1.29, 1.82) is 0 Å². The van der Waals surface area contributed by atoms with Gasteiger partial charge in [0.15, 0.2) is 12.4 Å². The van der Waals surface area contributed by atoms with Crippen molar-refractivity contribution >= 4 is 40.2 Å². The number of nitrogens with zero attached hydrogens (tertiary/aromatic N) is 2. The fourth-order valence-electron chi connectivity index (χ4n) is 2.98. The third-order valence-electron chi connectivity index (χ3n) is 4.43. The third-order valence-corrected chi connectivity index (χ3v) is 4.68. The molecule has 0 aliphatic carbocycles. The molecule has 156 valence electrons. The van der Waals surface area contributed by atoms with E-state index in [2.05, 4.69) is 15.3 Å². The van der Waals surface area contributed by atoms with E-state index >= 15 is 0 Å².